The fraction of sp³-hybridized carbons (Fsp3) is 0.514. The third-order valence-corrected chi connectivity index (χ3v) is 10.1. The number of amides is 2. The minimum absolute atomic E-state index is 0.0128. The topological polar surface area (TPSA) is 147 Å². The molecule has 2 heterocycles. The van der Waals surface area contributed by atoms with Crippen molar-refractivity contribution < 1.29 is 34.1 Å². The Kier molecular flexibility index (Phi) is 14.0. The second-order valence-corrected chi connectivity index (χ2v) is 13.6. The average Bonchev–Trinajstić information content (AvgIpc) is 3.55. The average molecular weight is 680 g/mol. The molecule has 1 aromatic heterocycles. The molecule has 5 unspecified atom stereocenters. The van der Waals surface area contributed by atoms with Crippen LogP contribution in [0.5, 0.6) is 5.75 Å². The summed E-state index contributed by atoms with van der Waals surface area (Å²) in [4.78, 5) is 43.3. The molecule has 0 saturated heterocycles. The number of phenolic OH excluding ortho intramolecular Hbond substituents is 1. The van der Waals surface area contributed by atoms with E-state index in [1.807, 2.05) is 38.2 Å². The van der Waals surface area contributed by atoms with Gasteiger partial charge in [-0.15, -0.1) is 11.3 Å². The third kappa shape index (κ3) is 10.1. The number of aromatic nitrogens is 1. The fourth-order valence-electron chi connectivity index (χ4n) is 6.17. The van der Waals surface area contributed by atoms with Gasteiger partial charge in [0.25, 0.3) is 0 Å². The number of ether oxygens (including phenoxy) is 2. The first-order valence-electron chi connectivity index (χ1n) is 16.8. The Bertz CT molecular complexity index is 1540. The van der Waals surface area contributed by atoms with Gasteiger partial charge in [0.1, 0.15) is 17.9 Å². The van der Waals surface area contributed by atoms with Crippen LogP contribution in [0.15, 0.2) is 59.7 Å². The number of aromatic hydroxyl groups is 1. The molecule has 5 atom stereocenters. The number of anilines is 1. The molecule has 2 aliphatic rings. The molecule has 0 radical (unpaired) electrons. The van der Waals surface area contributed by atoms with E-state index >= 15 is 0 Å². The Morgan fingerprint density at radius 2 is 1.90 bits per heavy atom. The molecule has 48 heavy (non-hydrogen) atoms. The van der Waals surface area contributed by atoms with Crippen molar-refractivity contribution in [3.05, 3.63) is 65.2 Å². The van der Waals surface area contributed by atoms with E-state index in [1.165, 1.54) is 18.4 Å². The standard InChI is InChI=1S/C37H49N3O7S/c1-23-14-13-18-28-34(43)29(21-30-35(28)48-22-38-30)40-32(41)20-27(46-4)17-11-6-5-7-12-19-31(24(2)33(23)42)47-37(45)25(3)39-36(44)26-15-9-8-10-16-26/h5-7,11-12,14,17,21-22,24-27,31,33,42-43H,8-10,13,15-16,18-20H2,1-4H3,(H,39,44)(H,40,41)/b6-5+,12-7+,17-11?,23-14-. The summed E-state index contributed by atoms with van der Waals surface area (Å²) in [6.45, 7) is 5.31. The van der Waals surface area contributed by atoms with Crippen LogP contribution in [-0.2, 0) is 30.3 Å². The van der Waals surface area contributed by atoms with Gasteiger partial charge in [0.15, 0.2) is 0 Å². The first kappa shape index (κ1) is 37.0. The van der Waals surface area contributed by atoms with Crippen LogP contribution >= 0.6 is 11.3 Å². The molecule has 0 spiro atoms. The highest BCUT2D eigenvalue weighted by Gasteiger charge is 2.31. The zero-order valence-electron chi connectivity index (χ0n) is 28.3. The molecule has 2 aromatic rings. The van der Waals surface area contributed by atoms with Gasteiger partial charge in [0.2, 0.25) is 11.8 Å². The van der Waals surface area contributed by atoms with Crippen LogP contribution < -0.4 is 10.6 Å². The Balaban J connectivity index is 1.56. The van der Waals surface area contributed by atoms with E-state index in [2.05, 4.69) is 15.6 Å². The molecular formula is C37H49N3O7S. The SMILES string of the molecule is COC1C=C/C=C/C=C/CC(OC(=O)C(C)NC(=O)C2CCCCC2)C(C)C(O)/C(C)=C\CCc2c(O)c(cc3ncsc23)NC(=O)C1. The summed E-state index contributed by atoms with van der Waals surface area (Å²) < 4.78 is 12.3. The first-order chi connectivity index (χ1) is 23.1. The zero-order valence-corrected chi connectivity index (χ0v) is 29.1. The molecule has 1 aliphatic heterocycles. The summed E-state index contributed by atoms with van der Waals surface area (Å²) in [6, 6.07) is 0.850. The van der Waals surface area contributed by atoms with Crippen LogP contribution in [0.4, 0.5) is 5.69 Å². The molecule has 260 valence electrons. The maximum absolute atomic E-state index is 13.2. The maximum Gasteiger partial charge on any atom is 0.328 e. The van der Waals surface area contributed by atoms with Gasteiger partial charge in [0, 0.05) is 30.9 Å². The predicted octanol–water partition coefficient (Wildman–Crippen LogP) is 6.29. The number of aliphatic hydroxyl groups excluding tert-OH is 1. The van der Waals surface area contributed by atoms with E-state index in [0.29, 0.717) is 35.9 Å². The quantitative estimate of drug-likeness (QED) is 0.164. The van der Waals surface area contributed by atoms with Crippen molar-refractivity contribution >= 4 is 45.0 Å². The normalized spacial score (nSPS) is 26.7. The van der Waals surface area contributed by atoms with Gasteiger partial charge in [-0.25, -0.2) is 9.78 Å². The molecule has 2 bridgehead atoms. The molecule has 1 aromatic carbocycles. The van der Waals surface area contributed by atoms with E-state index in [0.717, 1.165) is 36.8 Å². The van der Waals surface area contributed by atoms with Gasteiger partial charge in [-0.05, 0) is 51.2 Å². The summed E-state index contributed by atoms with van der Waals surface area (Å²) in [5.74, 6) is -1.52. The van der Waals surface area contributed by atoms with Gasteiger partial charge in [0.05, 0.1) is 40.0 Å². The lowest BCUT2D eigenvalue weighted by atomic mass is 9.88. The lowest BCUT2D eigenvalue weighted by Gasteiger charge is -2.29. The number of carbonyl (C=O) groups excluding carboxylic acids is 3. The number of nitrogens with zero attached hydrogens (tertiary/aromatic N) is 1. The predicted molar refractivity (Wildman–Crippen MR) is 189 cm³/mol. The fourth-order valence-corrected chi connectivity index (χ4v) is 7.01. The highest BCUT2D eigenvalue weighted by Crippen LogP contribution is 2.38. The molecule has 4 N–H and O–H groups in total. The Hall–Kier alpha value is -3.80. The minimum Gasteiger partial charge on any atom is -0.505 e. The summed E-state index contributed by atoms with van der Waals surface area (Å²) in [5, 5.41) is 28.3. The van der Waals surface area contributed by atoms with Gasteiger partial charge in [-0.2, -0.15) is 0 Å². The number of esters is 1. The van der Waals surface area contributed by atoms with Crippen molar-refractivity contribution in [1.29, 1.82) is 0 Å². The number of aliphatic hydroxyl groups is 1. The van der Waals surface area contributed by atoms with Crippen LogP contribution in [-0.4, -0.2) is 64.4 Å². The molecular weight excluding hydrogens is 630 g/mol. The Labute approximate surface area is 287 Å². The first-order valence-corrected chi connectivity index (χ1v) is 17.7. The number of thiazole rings is 1. The van der Waals surface area contributed by atoms with Crippen LogP contribution in [0, 0.1) is 11.8 Å². The summed E-state index contributed by atoms with van der Waals surface area (Å²) in [7, 11) is 1.53. The number of benzene rings is 1. The van der Waals surface area contributed by atoms with Gasteiger partial charge in [-0.1, -0.05) is 68.7 Å². The second-order valence-electron chi connectivity index (χ2n) is 12.7. The number of hydrogen-bond acceptors (Lipinski definition) is 9. The van der Waals surface area contributed by atoms with E-state index in [9.17, 15) is 24.6 Å². The monoisotopic (exact) mass is 679 g/mol. The van der Waals surface area contributed by atoms with Crippen LogP contribution in [0.3, 0.4) is 0 Å². The van der Waals surface area contributed by atoms with E-state index in [-0.39, 0.29) is 35.6 Å². The minimum atomic E-state index is -0.912. The number of methoxy groups -OCH3 is 1. The van der Waals surface area contributed by atoms with Crippen LogP contribution in [0.1, 0.15) is 77.7 Å². The number of nitrogens with one attached hydrogen (secondary N) is 2. The third-order valence-electron chi connectivity index (χ3n) is 9.19. The van der Waals surface area contributed by atoms with Crippen molar-refractivity contribution in [3.8, 4) is 5.75 Å². The lowest BCUT2D eigenvalue weighted by Crippen LogP contribution is -2.45. The van der Waals surface area contributed by atoms with Gasteiger partial charge >= 0.3 is 5.97 Å². The number of allylic oxidation sites excluding steroid dienone is 5. The molecule has 4 rings (SSSR count). The smallest absolute Gasteiger partial charge is 0.328 e. The van der Waals surface area contributed by atoms with Crippen molar-refractivity contribution in [1.82, 2.24) is 10.3 Å². The number of carbonyl (C=O) groups is 3. The van der Waals surface area contributed by atoms with E-state index in [1.54, 1.807) is 36.7 Å². The lowest BCUT2D eigenvalue weighted by molar-refractivity contribution is -0.156. The largest absolute Gasteiger partial charge is 0.505 e. The van der Waals surface area contributed by atoms with Gasteiger partial charge in [-0.3, -0.25) is 9.59 Å². The molecule has 1 aliphatic carbocycles. The summed E-state index contributed by atoms with van der Waals surface area (Å²) >= 11 is 1.41. The number of phenols is 1. The van der Waals surface area contributed by atoms with Crippen LogP contribution in [0.25, 0.3) is 10.2 Å². The van der Waals surface area contributed by atoms with Gasteiger partial charge < -0.3 is 30.3 Å². The zero-order chi connectivity index (χ0) is 34.6. The summed E-state index contributed by atoms with van der Waals surface area (Å²) in [6.07, 6.45) is 16.9. The number of rotatable bonds is 5. The van der Waals surface area contributed by atoms with E-state index < -0.39 is 36.2 Å². The molecule has 1 fully saturated rings. The molecule has 11 heteroatoms. The van der Waals surface area contributed by atoms with Crippen molar-refractivity contribution in [2.45, 2.75) is 103 Å². The number of aryl methyl sites for hydroxylation is 1. The maximum atomic E-state index is 13.2. The van der Waals surface area contributed by atoms with Crippen LogP contribution in [0.2, 0.25) is 0 Å². The highest BCUT2D eigenvalue weighted by atomic mass is 32.1. The Morgan fingerprint density at radius 3 is 2.65 bits per heavy atom. The molecule has 10 nitrogen and oxygen atoms in total. The van der Waals surface area contributed by atoms with Crippen molar-refractivity contribution in [3.63, 3.8) is 0 Å². The Morgan fingerprint density at radius 1 is 1.15 bits per heavy atom. The molecule has 2 amide bonds. The number of hydrogen-bond donors (Lipinski definition) is 4. The molecule has 1 saturated carbocycles. The van der Waals surface area contributed by atoms with Crippen molar-refractivity contribution in [2.75, 3.05) is 12.4 Å². The van der Waals surface area contributed by atoms with E-state index in [4.69, 9.17) is 9.47 Å². The summed E-state index contributed by atoms with van der Waals surface area (Å²) in [5.41, 5.74) is 4.03. The second kappa shape index (κ2) is 18.1. The van der Waals surface area contributed by atoms with Crippen molar-refractivity contribution in [2.24, 2.45) is 11.8 Å². The highest BCUT2D eigenvalue weighted by molar-refractivity contribution is 7.17. The number of fused-ring (bicyclic) bond motifs is 4.